The summed E-state index contributed by atoms with van der Waals surface area (Å²) in [6.07, 6.45) is 0. The van der Waals surface area contributed by atoms with Crippen molar-refractivity contribution in [2.45, 2.75) is 42.9 Å². The van der Waals surface area contributed by atoms with Gasteiger partial charge in [0.1, 0.15) is 0 Å². The van der Waals surface area contributed by atoms with Crippen LogP contribution in [0.15, 0.2) is 52.3 Å². The van der Waals surface area contributed by atoms with Crippen LogP contribution in [-0.2, 0) is 5.41 Å². The van der Waals surface area contributed by atoms with E-state index in [1.54, 1.807) is 17.8 Å². The lowest BCUT2D eigenvalue weighted by molar-refractivity contribution is 0.101. The predicted molar refractivity (Wildman–Crippen MR) is 90.1 cm³/mol. The van der Waals surface area contributed by atoms with Crippen LogP contribution in [0, 0.1) is 0 Å². The summed E-state index contributed by atoms with van der Waals surface area (Å²) in [7, 11) is 0. The number of hydrogen-bond acceptors (Lipinski definition) is 3. The van der Waals surface area contributed by atoms with E-state index >= 15 is 0 Å². The normalized spacial score (nSPS) is 11.4. The van der Waals surface area contributed by atoms with E-state index in [1.165, 1.54) is 12.5 Å². The zero-order chi connectivity index (χ0) is 15.6. The smallest absolute Gasteiger partial charge is 0.161 e. The van der Waals surface area contributed by atoms with Crippen molar-refractivity contribution >= 4 is 23.2 Å². The number of rotatable bonds is 3. The molecule has 0 aromatic heterocycles. The van der Waals surface area contributed by atoms with E-state index in [-0.39, 0.29) is 11.2 Å². The molecule has 2 rings (SSSR count). The van der Waals surface area contributed by atoms with Crippen LogP contribution in [0.2, 0.25) is 0 Å². The van der Waals surface area contributed by atoms with Crippen molar-refractivity contribution in [1.29, 1.82) is 0 Å². The molecule has 2 aromatic carbocycles. The highest BCUT2D eigenvalue weighted by atomic mass is 32.2. The third kappa shape index (κ3) is 3.88. The highest BCUT2D eigenvalue weighted by Gasteiger charge is 2.13. The average Bonchev–Trinajstić information content (AvgIpc) is 2.40. The number of Topliss-reactive ketones (excluding diaryl/α,β-unsaturated/α-hetero) is 1. The Bertz CT molecular complexity index is 654. The Kier molecular flexibility index (Phi) is 4.43. The van der Waals surface area contributed by atoms with Gasteiger partial charge in [-0.15, -0.1) is 0 Å². The Balaban J connectivity index is 2.22. The van der Waals surface area contributed by atoms with E-state index in [9.17, 15) is 4.79 Å². The molecule has 0 amide bonds. The van der Waals surface area contributed by atoms with Gasteiger partial charge < -0.3 is 5.73 Å². The standard InChI is InChI=1S/C18H21NOS/c1-12(20)16-11-15(9-10-17(16)19)21-14-7-5-13(6-8-14)18(2,3)4/h5-11H,19H2,1-4H3. The lowest BCUT2D eigenvalue weighted by Crippen LogP contribution is -2.10. The molecule has 0 heterocycles. The van der Waals surface area contributed by atoms with Gasteiger partial charge in [0.05, 0.1) is 0 Å². The first-order valence-electron chi connectivity index (χ1n) is 6.96. The zero-order valence-electron chi connectivity index (χ0n) is 12.9. The fourth-order valence-electron chi connectivity index (χ4n) is 2.06. The Labute approximate surface area is 130 Å². The Hall–Kier alpha value is -1.74. The number of nitrogen functional groups attached to an aromatic ring is 1. The molecular formula is C18H21NOS. The van der Waals surface area contributed by atoms with E-state index in [0.717, 1.165) is 9.79 Å². The van der Waals surface area contributed by atoms with Crippen LogP contribution < -0.4 is 5.73 Å². The van der Waals surface area contributed by atoms with Crippen LogP contribution >= 0.6 is 11.8 Å². The molecule has 0 aliphatic rings. The van der Waals surface area contributed by atoms with Crippen molar-refractivity contribution < 1.29 is 4.79 Å². The predicted octanol–water partition coefficient (Wildman–Crippen LogP) is 4.92. The quantitative estimate of drug-likeness (QED) is 0.646. The van der Waals surface area contributed by atoms with Crippen molar-refractivity contribution in [1.82, 2.24) is 0 Å². The second-order valence-corrected chi connectivity index (χ2v) is 7.33. The van der Waals surface area contributed by atoms with Crippen LogP contribution in [-0.4, -0.2) is 5.78 Å². The summed E-state index contributed by atoms with van der Waals surface area (Å²) in [5, 5.41) is 0. The first kappa shape index (κ1) is 15.6. The maximum atomic E-state index is 11.5. The van der Waals surface area contributed by atoms with Gasteiger partial charge in [-0.2, -0.15) is 0 Å². The molecule has 0 unspecified atom stereocenters. The van der Waals surface area contributed by atoms with Crippen molar-refractivity contribution in [3.63, 3.8) is 0 Å². The molecule has 110 valence electrons. The molecule has 0 radical (unpaired) electrons. The number of anilines is 1. The summed E-state index contributed by atoms with van der Waals surface area (Å²) in [6.45, 7) is 8.15. The number of carbonyl (C=O) groups excluding carboxylic acids is 1. The molecule has 21 heavy (non-hydrogen) atoms. The number of carbonyl (C=O) groups is 1. The van der Waals surface area contributed by atoms with Crippen LogP contribution in [0.25, 0.3) is 0 Å². The fourth-order valence-corrected chi connectivity index (χ4v) is 2.92. The van der Waals surface area contributed by atoms with E-state index in [0.29, 0.717) is 11.3 Å². The van der Waals surface area contributed by atoms with Crippen LogP contribution in [0.3, 0.4) is 0 Å². The molecule has 0 fully saturated rings. The van der Waals surface area contributed by atoms with Gasteiger partial charge >= 0.3 is 0 Å². The zero-order valence-corrected chi connectivity index (χ0v) is 13.8. The first-order valence-corrected chi connectivity index (χ1v) is 7.78. The van der Waals surface area contributed by atoms with Crippen molar-refractivity contribution in [3.8, 4) is 0 Å². The maximum Gasteiger partial charge on any atom is 0.161 e. The van der Waals surface area contributed by atoms with Gasteiger partial charge in [-0.25, -0.2) is 0 Å². The highest BCUT2D eigenvalue weighted by Crippen LogP contribution is 2.32. The summed E-state index contributed by atoms with van der Waals surface area (Å²) in [4.78, 5) is 13.7. The number of ketones is 1. The molecule has 0 saturated carbocycles. The van der Waals surface area contributed by atoms with Crippen molar-refractivity contribution in [2.75, 3.05) is 5.73 Å². The molecule has 0 spiro atoms. The van der Waals surface area contributed by atoms with Crippen molar-refractivity contribution in [2.24, 2.45) is 0 Å². The van der Waals surface area contributed by atoms with Gasteiger partial charge in [0.15, 0.2) is 5.78 Å². The summed E-state index contributed by atoms with van der Waals surface area (Å²) < 4.78 is 0. The van der Waals surface area contributed by atoms with Gasteiger partial charge in [-0.1, -0.05) is 44.7 Å². The lowest BCUT2D eigenvalue weighted by Gasteiger charge is -2.19. The molecule has 0 atom stereocenters. The SMILES string of the molecule is CC(=O)c1cc(Sc2ccc(C(C)(C)C)cc2)ccc1N. The minimum absolute atomic E-state index is 0.00182. The Morgan fingerprint density at radius 2 is 1.57 bits per heavy atom. The molecule has 0 aliphatic heterocycles. The molecule has 2 aromatic rings. The van der Waals surface area contributed by atoms with Gasteiger partial charge in [0, 0.05) is 21.0 Å². The van der Waals surface area contributed by atoms with E-state index in [4.69, 9.17) is 5.73 Å². The highest BCUT2D eigenvalue weighted by molar-refractivity contribution is 7.99. The molecule has 0 aliphatic carbocycles. The first-order chi connectivity index (χ1) is 9.77. The van der Waals surface area contributed by atoms with Crippen LogP contribution in [0.5, 0.6) is 0 Å². The average molecular weight is 299 g/mol. The van der Waals surface area contributed by atoms with E-state index < -0.39 is 0 Å². The van der Waals surface area contributed by atoms with Crippen LogP contribution in [0.4, 0.5) is 5.69 Å². The molecule has 0 saturated heterocycles. The largest absolute Gasteiger partial charge is 0.398 e. The summed E-state index contributed by atoms with van der Waals surface area (Å²) in [6, 6.07) is 14.2. The van der Waals surface area contributed by atoms with Gasteiger partial charge in [0.2, 0.25) is 0 Å². The minimum Gasteiger partial charge on any atom is -0.398 e. The Morgan fingerprint density at radius 1 is 1.00 bits per heavy atom. The molecule has 2 N–H and O–H groups in total. The third-order valence-corrected chi connectivity index (χ3v) is 4.36. The lowest BCUT2D eigenvalue weighted by atomic mass is 9.87. The van der Waals surface area contributed by atoms with Crippen molar-refractivity contribution in [3.05, 3.63) is 53.6 Å². The van der Waals surface area contributed by atoms with E-state index in [2.05, 4.69) is 45.0 Å². The summed E-state index contributed by atoms with van der Waals surface area (Å²) >= 11 is 1.64. The number of hydrogen-bond donors (Lipinski definition) is 1. The van der Waals surface area contributed by atoms with Gasteiger partial charge in [-0.3, -0.25) is 4.79 Å². The maximum absolute atomic E-state index is 11.5. The number of nitrogens with two attached hydrogens (primary N) is 1. The minimum atomic E-state index is -0.00182. The molecular weight excluding hydrogens is 278 g/mol. The molecule has 2 nitrogen and oxygen atoms in total. The number of benzene rings is 2. The second-order valence-electron chi connectivity index (χ2n) is 6.18. The van der Waals surface area contributed by atoms with E-state index in [1.807, 2.05) is 12.1 Å². The summed E-state index contributed by atoms with van der Waals surface area (Å²) in [5.74, 6) is -0.00182. The van der Waals surface area contributed by atoms with Gasteiger partial charge in [0.25, 0.3) is 0 Å². The topological polar surface area (TPSA) is 43.1 Å². The van der Waals surface area contributed by atoms with Crippen LogP contribution in [0.1, 0.15) is 43.6 Å². The van der Waals surface area contributed by atoms with Gasteiger partial charge in [-0.05, 0) is 48.2 Å². The summed E-state index contributed by atoms with van der Waals surface area (Å²) in [5.41, 5.74) is 8.42. The third-order valence-electron chi connectivity index (χ3n) is 3.36. The second kappa shape index (κ2) is 5.94. The monoisotopic (exact) mass is 299 g/mol. The molecule has 3 heteroatoms. The molecule has 0 bridgehead atoms. The Morgan fingerprint density at radius 3 is 2.10 bits per heavy atom. The fraction of sp³-hybridized carbons (Fsp3) is 0.278.